The van der Waals surface area contributed by atoms with Crippen molar-refractivity contribution in [1.29, 1.82) is 0 Å². The van der Waals surface area contributed by atoms with E-state index in [1.807, 2.05) is 0 Å². The fraction of sp³-hybridized carbons (Fsp3) is 0. The van der Waals surface area contributed by atoms with E-state index in [2.05, 4.69) is 231 Å². The van der Waals surface area contributed by atoms with Crippen molar-refractivity contribution < 1.29 is 0 Å². The van der Waals surface area contributed by atoms with Gasteiger partial charge in [0.1, 0.15) is 0 Å². The Morgan fingerprint density at radius 3 is 1.18 bits per heavy atom. The summed E-state index contributed by atoms with van der Waals surface area (Å²) in [5.74, 6) is 0. The molecule has 0 saturated heterocycles. The lowest BCUT2D eigenvalue weighted by atomic mass is 9.83. The Bertz CT molecular complexity index is 3650. The second-order valence-electron chi connectivity index (χ2n) is 16.0. The molecule has 0 aromatic heterocycles. The minimum absolute atomic E-state index is 1.21. The standard InChI is InChI=1S/C60H38/c1-4-24-47-39(15-1)18-13-31-49(47)41-20-11-23-46(35-41)60-55-30-10-9-29-54(55)59(56-34-33-44(38-58(56)60)50-32-14-19-40-16-2-5-25-48(40)50)45-22-12-21-42(36-45)57-37-43-17-3-6-26-51(43)52-27-7-8-28-53(52)57/h1-38H. The van der Waals surface area contributed by atoms with Gasteiger partial charge < -0.3 is 0 Å². The van der Waals surface area contributed by atoms with E-state index >= 15 is 0 Å². The van der Waals surface area contributed by atoms with E-state index in [1.165, 1.54) is 120 Å². The molecule has 0 radical (unpaired) electrons. The van der Waals surface area contributed by atoms with Gasteiger partial charge in [-0.1, -0.05) is 206 Å². The SMILES string of the molecule is c1cc(-c2cccc3ccccc23)cc(-c2c3ccccc3c(-c3cccc(-c4cc5ccccc5c5ccccc45)c3)c3ccc(-c4cccc5ccccc45)cc23)c1. The average Bonchev–Trinajstić information content (AvgIpc) is 3.32. The van der Waals surface area contributed by atoms with Crippen LogP contribution < -0.4 is 0 Å². The first-order chi connectivity index (χ1) is 29.8. The second kappa shape index (κ2) is 13.9. The molecule has 278 valence electrons. The Kier molecular flexibility index (Phi) is 7.96. The Morgan fingerprint density at radius 2 is 0.567 bits per heavy atom. The molecule has 0 aliphatic heterocycles. The molecule has 0 amide bonds. The Hall–Kier alpha value is -7.80. The summed E-state index contributed by atoms with van der Waals surface area (Å²) in [7, 11) is 0. The molecule has 0 bridgehead atoms. The molecule has 12 aromatic rings. The van der Waals surface area contributed by atoms with Crippen LogP contribution in [0.25, 0.3) is 120 Å². The van der Waals surface area contributed by atoms with Crippen molar-refractivity contribution in [3.8, 4) is 55.6 Å². The summed E-state index contributed by atoms with van der Waals surface area (Å²) in [5, 5.41) is 15.1. The van der Waals surface area contributed by atoms with Crippen molar-refractivity contribution >= 4 is 64.6 Å². The Balaban J connectivity index is 1.14. The molecular formula is C60H38. The maximum Gasteiger partial charge on any atom is -0.00259 e. The summed E-state index contributed by atoms with van der Waals surface area (Å²) in [6.45, 7) is 0. The Labute approximate surface area is 349 Å². The van der Waals surface area contributed by atoms with Crippen LogP contribution in [-0.2, 0) is 0 Å². The average molecular weight is 759 g/mol. The highest BCUT2D eigenvalue weighted by Crippen LogP contribution is 2.47. The highest BCUT2D eigenvalue weighted by Gasteiger charge is 2.20. The van der Waals surface area contributed by atoms with Gasteiger partial charge in [-0.3, -0.25) is 0 Å². The quantitative estimate of drug-likeness (QED) is 0.121. The van der Waals surface area contributed by atoms with Crippen molar-refractivity contribution in [2.75, 3.05) is 0 Å². The maximum absolute atomic E-state index is 2.45. The van der Waals surface area contributed by atoms with Crippen molar-refractivity contribution in [2.45, 2.75) is 0 Å². The van der Waals surface area contributed by atoms with Gasteiger partial charge in [0.15, 0.2) is 0 Å². The molecule has 0 aliphatic carbocycles. The zero-order valence-corrected chi connectivity index (χ0v) is 32.9. The van der Waals surface area contributed by atoms with Crippen molar-refractivity contribution in [2.24, 2.45) is 0 Å². The van der Waals surface area contributed by atoms with Gasteiger partial charge in [0.05, 0.1) is 0 Å². The maximum atomic E-state index is 2.45. The van der Waals surface area contributed by atoms with E-state index in [4.69, 9.17) is 0 Å². The highest BCUT2D eigenvalue weighted by atomic mass is 14.2. The topological polar surface area (TPSA) is 0 Å². The number of fused-ring (bicyclic) bond motifs is 7. The van der Waals surface area contributed by atoms with Gasteiger partial charge >= 0.3 is 0 Å². The number of benzene rings is 12. The number of rotatable bonds is 5. The van der Waals surface area contributed by atoms with Gasteiger partial charge in [0, 0.05) is 0 Å². The van der Waals surface area contributed by atoms with E-state index in [1.54, 1.807) is 0 Å². The van der Waals surface area contributed by atoms with Crippen LogP contribution in [0.4, 0.5) is 0 Å². The third-order valence-corrected chi connectivity index (χ3v) is 12.6. The summed E-state index contributed by atoms with van der Waals surface area (Å²) in [6, 6.07) is 85.3. The molecular weight excluding hydrogens is 721 g/mol. The molecule has 0 fully saturated rings. The highest BCUT2D eigenvalue weighted by molar-refractivity contribution is 6.23. The van der Waals surface area contributed by atoms with Crippen LogP contribution in [0.15, 0.2) is 231 Å². The van der Waals surface area contributed by atoms with Crippen LogP contribution in [0.1, 0.15) is 0 Å². The molecule has 0 atom stereocenters. The smallest absolute Gasteiger partial charge is 0.00259 e. The van der Waals surface area contributed by atoms with E-state index in [-0.39, 0.29) is 0 Å². The van der Waals surface area contributed by atoms with Gasteiger partial charge in [-0.25, -0.2) is 0 Å². The molecule has 0 heteroatoms. The van der Waals surface area contributed by atoms with E-state index in [0.29, 0.717) is 0 Å². The van der Waals surface area contributed by atoms with E-state index in [9.17, 15) is 0 Å². The molecule has 0 saturated carbocycles. The van der Waals surface area contributed by atoms with Gasteiger partial charge in [-0.05, 0) is 145 Å². The zero-order chi connectivity index (χ0) is 39.6. The predicted molar refractivity (Wildman–Crippen MR) is 259 cm³/mol. The van der Waals surface area contributed by atoms with Gasteiger partial charge in [-0.15, -0.1) is 0 Å². The molecule has 0 N–H and O–H groups in total. The lowest BCUT2D eigenvalue weighted by molar-refractivity contribution is 1.62. The van der Waals surface area contributed by atoms with Crippen molar-refractivity contribution in [3.63, 3.8) is 0 Å². The van der Waals surface area contributed by atoms with Crippen molar-refractivity contribution in [1.82, 2.24) is 0 Å². The lowest BCUT2D eigenvalue weighted by Crippen LogP contribution is -1.93. The van der Waals surface area contributed by atoms with Crippen LogP contribution in [0.3, 0.4) is 0 Å². The molecule has 0 unspecified atom stereocenters. The molecule has 12 rings (SSSR count). The van der Waals surface area contributed by atoms with Crippen LogP contribution in [0, 0.1) is 0 Å². The van der Waals surface area contributed by atoms with E-state index in [0.717, 1.165) is 0 Å². The first kappa shape index (κ1) is 34.3. The van der Waals surface area contributed by atoms with Gasteiger partial charge in [0.2, 0.25) is 0 Å². The summed E-state index contributed by atoms with van der Waals surface area (Å²) in [6.07, 6.45) is 0. The van der Waals surface area contributed by atoms with E-state index < -0.39 is 0 Å². The first-order valence-corrected chi connectivity index (χ1v) is 20.8. The molecule has 0 aliphatic rings. The minimum atomic E-state index is 1.21. The Morgan fingerprint density at radius 1 is 0.167 bits per heavy atom. The zero-order valence-electron chi connectivity index (χ0n) is 32.9. The largest absolute Gasteiger partial charge is 0.0616 e. The summed E-state index contributed by atoms with van der Waals surface area (Å²) >= 11 is 0. The van der Waals surface area contributed by atoms with Gasteiger partial charge in [0.25, 0.3) is 0 Å². The third kappa shape index (κ3) is 5.53. The van der Waals surface area contributed by atoms with Crippen LogP contribution >= 0.6 is 0 Å². The third-order valence-electron chi connectivity index (χ3n) is 12.6. The second-order valence-corrected chi connectivity index (χ2v) is 16.0. The summed E-state index contributed by atoms with van der Waals surface area (Å²) < 4.78 is 0. The fourth-order valence-electron chi connectivity index (χ4n) is 9.90. The van der Waals surface area contributed by atoms with Crippen LogP contribution in [0.5, 0.6) is 0 Å². The number of hydrogen-bond acceptors (Lipinski definition) is 0. The first-order valence-electron chi connectivity index (χ1n) is 20.8. The molecule has 60 heavy (non-hydrogen) atoms. The van der Waals surface area contributed by atoms with Crippen molar-refractivity contribution in [3.05, 3.63) is 231 Å². The molecule has 12 aromatic carbocycles. The predicted octanol–water partition coefficient (Wildman–Crippen LogP) is 16.9. The molecule has 0 nitrogen and oxygen atoms in total. The number of hydrogen-bond donors (Lipinski definition) is 0. The lowest BCUT2D eigenvalue weighted by Gasteiger charge is -2.20. The molecule has 0 heterocycles. The normalized spacial score (nSPS) is 11.7. The van der Waals surface area contributed by atoms with Gasteiger partial charge in [-0.2, -0.15) is 0 Å². The summed E-state index contributed by atoms with van der Waals surface area (Å²) in [4.78, 5) is 0. The molecule has 0 spiro atoms. The minimum Gasteiger partial charge on any atom is -0.0616 e. The van der Waals surface area contributed by atoms with Crippen LogP contribution in [-0.4, -0.2) is 0 Å². The fourth-order valence-corrected chi connectivity index (χ4v) is 9.90. The monoisotopic (exact) mass is 758 g/mol. The summed E-state index contributed by atoms with van der Waals surface area (Å²) in [5.41, 5.74) is 12.3. The van der Waals surface area contributed by atoms with Crippen LogP contribution in [0.2, 0.25) is 0 Å².